The van der Waals surface area contributed by atoms with Crippen LogP contribution in [0, 0.1) is 0 Å². The first-order chi connectivity index (χ1) is 8.79. The molecule has 5 heteroatoms. The van der Waals surface area contributed by atoms with Crippen LogP contribution in [-0.4, -0.2) is 42.8 Å². The molecule has 0 aliphatic carbocycles. The largest absolute Gasteiger partial charge is 0.376 e. The smallest absolute Gasteiger partial charge is 0.225 e. The third-order valence-corrected chi connectivity index (χ3v) is 3.22. The second kappa shape index (κ2) is 6.66. The Labute approximate surface area is 108 Å². The van der Waals surface area contributed by atoms with Gasteiger partial charge in [-0.2, -0.15) is 0 Å². The third-order valence-electron chi connectivity index (χ3n) is 3.22. The average molecular weight is 250 g/mol. The summed E-state index contributed by atoms with van der Waals surface area (Å²) in [6.45, 7) is 2.37. The van der Waals surface area contributed by atoms with E-state index in [1.54, 1.807) is 0 Å². The van der Waals surface area contributed by atoms with E-state index in [1.807, 2.05) is 19.4 Å². The molecule has 5 nitrogen and oxygen atoms in total. The Bertz CT molecular complexity index is 349. The molecular formula is C13H22N4O. The lowest BCUT2D eigenvalue weighted by molar-refractivity contribution is 0.0214. The molecule has 2 N–H and O–H groups in total. The predicted molar refractivity (Wildman–Crippen MR) is 71.7 cm³/mol. The summed E-state index contributed by atoms with van der Waals surface area (Å²) in [6.07, 6.45) is 8.43. The molecule has 1 unspecified atom stereocenters. The standard InChI is InChI=1S/C13H22N4O/c1-17(10-12-4-2-3-7-18-12)13-15-8-11(5-6-14)9-16-13/h8-9,12H,2-7,10,14H2,1H3. The van der Waals surface area contributed by atoms with Crippen LogP contribution < -0.4 is 10.6 Å². The number of hydrogen-bond acceptors (Lipinski definition) is 5. The minimum Gasteiger partial charge on any atom is -0.376 e. The molecule has 0 aromatic carbocycles. The molecular weight excluding hydrogens is 228 g/mol. The van der Waals surface area contributed by atoms with E-state index in [0.717, 1.165) is 37.5 Å². The molecule has 0 bridgehead atoms. The van der Waals surface area contributed by atoms with E-state index in [1.165, 1.54) is 12.8 Å². The van der Waals surface area contributed by atoms with Gasteiger partial charge in [-0.3, -0.25) is 0 Å². The summed E-state index contributed by atoms with van der Waals surface area (Å²) in [5.74, 6) is 0.755. The van der Waals surface area contributed by atoms with Crippen molar-refractivity contribution in [2.45, 2.75) is 31.8 Å². The van der Waals surface area contributed by atoms with Gasteiger partial charge in [-0.25, -0.2) is 9.97 Å². The number of anilines is 1. The SMILES string of the molecule is CN(CC1CCCCO1)c1ncc(CCN)cn1. The van der Waals surface area contributed by atoms with Gasteiger partial charge in [0.05, 0.1) is 6.10 Å². The van der Waals surface area contributed by atoms with Crippen LogP contribution in [-0.2, 0) is 11.2 Å². The maximum Gasteiger partial charge on any atom is 0.225 e. The fourth-order valence-electron chi connectivity index (χ4n) is 2.18. The van der Waals surface area contributed by atoms with Crippen LogP contribution in [0.1, 0.15) is 24.8 Å². The quantitative estimate of drug-likeness (QED) is 0.844. The Morgan fingerprint density at radius 1 is 1.39 bits per heavy atom. The molecule has 0 saturated carbocycles. The van der Waals surface area contributed by atoms with Gasteiger partial charge in [-0.1, -0.05) is 0 Å². The molecule has 1 fully saturated rings. The normalized spacial score (nSPS) is 19.8. The molecule has 0 radical (unpaired) electrons. The molecule has 1 aromatic rings. The molecule has 0 spiro atoms. The molecule has 18 heavy (non-hydrogen) atoms. The van der Waals surface area contributed by atoms with Crippen molar-refractivity contribution in [3.63, 3.8) is 0 Å². The van der Waals surface area contributed by atoms with E-state index in [-0.39, 0.29) is 0 Å². The summed E-state index contributed by atoms with van der Waals surface area (Å²) in [6, 6.07) is 0. The van der Waals surface area contributed by atoms with Crippen molar-refractivity contribution in [1.29, 1.82) is 0 Å². The van der Waals surface area contributed by atoms with E-state index >= 15 is 0 Å². The monoisotopic (exact) mass is 250 g/mol. The number of aromatic nitrogens is 2. The fraction of sp³-hybridized carbons (Fsp3) is 0.692. The Hall–Kier alpha value is -1.20. The van der Waals surface area contributed by atoms with Crippen molar-refractivity contribution in [2.24, 2.45) is 5.73 Å². The van der Waals surface area contributed by atoms with Crippen LogP contribution >= 0.6 is 0 Å². The minimum absolute atomic E-state index is 0.316. The highest BCUT2D eigenvalue weighted by molar-refractivity contribution is 5.28. The van der Waals surface area contributed by atoms with Crippen molar-refractivity contribution < 1.29 is 4.74 Å². The molecule has 100 valence electrons. The maximum absolute atomic E-state index is 5.72. The van der Waals surface area contributed by atoms with Gasteiger partial charge in [-0.15, -0.1) is 0 Å². The Morgan fingerprint density at radius 3 is 2.78 bits per heavy atom. The Balaban J connectivity index is 1.89. The summed E-state index contributed by atoms with van der Waals surface area (Å²) in [5, 5.41) is 0. The first kappa shape index (κ1) is 13.2. The topological polar surface area (TPSA) is 64.3 Å². The van der Waals surface area contributed by atoms with E-state index in [2.05, 4.69) is 14.9 Å². The summed E-state index contributed by atoms with van der Waals surface area (Å²) >= 11 is 0. The first-order valence-corrected chi connectivity index (χ1v) is 6.63. The van der Waals surface area contributed by atoms with Gasteiger partial charge in [0.25, 0.3) is 0 Å². The lowest BCUT2D eigenvalue weighted by Crippen LogP contribution is -2.34. The number of nitrogens with two attached hydrogens (primary N) is 1. The average Bonchev–Trinajstić information content (AvgIpc) is 2.41. The zero-order valence-corrected chi connectivity index (χ0v) is 11.0. The fourth-order valence-corrected chi connectivity index (χ4v) is 2.18. The molecule has 0 amide bonds. The van der Waals surface area contributed by atoms with Crippen LogP contribution in [0.4, 0.5) is 5.95 Å². The highest BCUT2D eigenvalue weighted by atomic mass is 16.5. The summed E-state index contributed by atoms with van der Waals surface area (Å²) < 4.78 is 5.72. The molecule has 1 aromatic heterocycles. The van der Waals surface area contributed by atoms with Crippen molar-refractivity contribution in [3.8, 4) is 0 Å². The lowest BCUT2D eigenvalue weighted by Gasteiger charge is -2.27. The molecule has 1 saturated heterocycles. The van der Waals surface area contributed by atoms with Crippen LogP contribution in [0.15, 0.2) is 12.4 Å². The third kappa shape index (κ3) is 3.65. The van der Waals surface area contributed by atoms with Crippen molar-refractivity contribution in [3.05, 3.63) is 18.0 Å². The zero-order chi connectivity index (χ0) is 12.8. The summed E-state index contributed by atoms with van der Waals surface area (Å²) in [5.41, 5.74) is 6.59. The second-order valence-corrected chi connectivity index (χ2v) is 4.80. The van der Waals surface area contributed by atoms with Crippen LogP contribution in [0.2, 0.25) is 0 Å². The van der Waals surface area contributed by atoms with E-state index in [0.29, 0.717) is 12.6 Å². The predicted octanol–water partition coefficient (Wildman–Crippen LogP) is 0.983. The zero-order valence-electron chi connectivity index (χ0n) is 11.0. The van der Waals surface area contributed by atoms with Gasteiger partial charge < -0.3 is 15.4 Å². The second-order valence-electron chi connectivity index (χ2n) is 4.80. The number of nitrogens with zero attached hydrogens (tertiary/aromatic N) is 3. The number of ether oxygens (including phenoxy) is 1. The van der Waals surface area contributed by atoms with Crippen molar-refractivity contribution >= 4 is 5.95 Å². The summed E-state index contributed by atoms with van der Waals surface area (Å²) in [4.78, 5) is 10.8. The van der Waals surface area contributed by atoms with Gasteiger partial charge in [-0.05, 0) is 37.8 Å². The number of rotatable bonds is 5. The minimum atomic E-state index is 0.316. The van der Waals surface area contributed by atoms with Crippen molar-refractivity contribution in [2.75, 3.05) is 31.6 Å². The maximum atomic E-state index is 5.72. The van der Waals surface area contributed by atoms with E-state index in [9.17, 15) is 0 Å². The first-order valence-electron chi connectivity index (χ1n) is 6.63. The molecule has 1 aliphatic rings. The lowest BCUT2D eigenvalue weighted by atomic mass is 10.1. The summed E-state index contributed by atoms with van der Waals surface area (Å²) in [7, 11) is 2.01. The molecule has 2 rings (SSSR count). The van der Waals surface area contributed by atoms with Crippen LogP contribution in [0.5, 0.6) is 0 Å². The Kier molecular flexibility index (Phi) is 4.90. The van der Waals surface area contributed by atoms with Crippen LogP contribution in [0.25, 0.3) is 0 Å². The Morgan fingerprint density at radius 2 is 2.17 bits per heavy atom. The number of hydrogen-bond donors (Lipinski definition) is 1. The van der Waals surface area contributed by atoms with Gasteiger partial charge in [0.15, 0.2) is 0 Å². The molecule has 1 atom stereocenters. The van der Waals surface area contributed by atoms with Gasteiger partial charge in [0, 0.05) is 32.6 Å². The molecule has 2 heterocycles. The highest BCUT2D eigenvalue weighted by Crippen LogP contribution is 2.15. The number of likely N-dealkylation sites (N-methyl/N-ethyl adjacent to an activating group) is 1. The highest BCUT2D eigenvalue weighted by Gasteiger charge is 2.17. The van der Waals surface area contributed by atoms with E-state index < -0.39 is 0 Å². The molecule has 1 aliphatic heterocycles. The van der Waals surface area contributed by atoms with Crippen LogP contribution in [0.3, 0.4) is 0 Å². The van der Waals surface area contributed by atoms with Gasteiger partial charge >= 0.3 is 0 Å². The van der Waals surface area contributed by atoms with Gasteiger partial charge in [0.1, 0.15) is 0 Å². The van der Waals surface area contributed by atoms with E-state index in [4.69, 9.17) is 10.5 Å². The van der Waals surface area contributed by atoms with Gasteiger partial charge in [0.2, 0.25) is 5.95 Å². The van der Waals surface area contributed by atoms with Crippen molar-refractivity contribution in [1.82, 2.24) is 9.97 Å².